The second kappa shape index (κ2) is 8.99. The lowest BCUT2D eigenvalue weighted by atomic mass is 10.1. The molecule has 0 saturated heterocycles. The van der Waals surface area contributed by atoms with Gasteiger partial charge in [-0.1, -0.05) is 31.2 Å². The highest BCUT2D eigenvalue weighted by molar-refractivity contribution is 7.86. The minimum atomic E-state index is -3.57. The maximum atomic E-state index is 13.0. The molecule has 0 saturated carbocycles. The molecule has 0 bridgehead atoms. The van der Waals surface area contributed by atoms with E-state index in [0.29, 0.717) is 6.54 Å². The van der Waals surface area contributed by atoms with E-state index in [0.717, 1.165) is 23.8 Å². The first-order chi connectivity index (χ1) is 12.7. The van der Waals surface area contributed by atoms with Crippen LogP contribution in [0.3, 0.4) is 0 Å². The number of hydrogen-bond acceptors (Lipinski definition) is 4. The van der Waals surface area contributed by atoms with E-state index >= 15 is 0 Å². The summed E-state index contributed by atoms with van der Waals surface area (Å²) in [6, 6.07) is 12.5. The van der Waals surface area contributed by atoms with Gasteiger partial charge in [0.15, 0.2) is 0 Å². The van der Waals surface area contributed by atoms with Crippen LogP contribution in [0.4, 0.5) is 4.39 Å². The molecule has 2 aromatic rings. The fraction of sp³-hybridized carbons (Fsp3) is 0.350. The Balaban J connectivity index is 2.11. The van der Waals surface area contributed by atoms with Crippen molar-refractivity contribution in [3.8, 4) is 5.75 Å². The zero-order valence-electron chi connectivity index (χ0n) is 15.7. The number of carbonyl (C=O) groups excluding carboxylic acids is 1. The molecule has 27 heavy (non-hydrogen) atoms. The van der Waals surface area contributed by atoms with Crippen molar-refractivity contribution in [1.29, 1.82) is 0 Å². The molecular weight excluding hydrogens is 369 g/mol. The first-order valence-corrected chi connectivity index (χ1v) is 10.5. The van der Waals surface area contributed by atoms with Crippen LogP contribution in [-0.2, 0) is 27.9 Å². The van der Waals surface area contributed by atoms with Crippen LogP contribution >= 0.6 is 0 Å². The monoisotopic (exact) mass is 393 g/mol. The Kier molecular flexibility index (Phi) is 6.96. The summed E-state index contributed by atoms with van der Waals surface area (Å²) < 4.78 is 40.2. The smallest absolute Gasteiger partial charge is 0.306 e. The van der Waals surface area contributed by atoms with Gasteiger partial charge in [0.05, 0.1) is 12.7 Å². The summed E-state index contributed by atoms with van der Waals surface area (Å²) in [5.74, 6) is -0.150. The quantitative estimate of drug-likeness (QED) is 0.644. The standard InChI is InChI=1S/C20H24FNO4S/c1-4-15(2)22(20(23)13-16-5-9-18(21)10-6-16)14-17-7-11-19(12-8-17)26-27(3,24)25/h5-12,15H,4,13-14H2,1-3H3/t15-/m0/s1. The van der Waals surface area contributed by atoms with Crippen LogP contribution < -0.4 is 4.18 Å². The Labute approximate surface area is 159 Å². The number of halogens is 1. The molecule has 0 spiro atoms. The van der Waals surface area contributed by atoms with E-state index in [4.69, 9.17) is 4.18 Å². The van der Waals surface area contributed by atoms with Crippen LogP contribution in [0.1, 0.15) is 31.4 Å². The summed E-state index contributed by atoms with van der Waals surface area (Å²) in [6.07, 6.45) is 1.98. The molecule has 0 aliphatic heterocycles. The van der Waals surface area contributed by atoms with Gasteiger partial charge in [-0.3, -0.25) is 4.79 Å². The number of hydrogen-bond donors (Lipinski definition) is 0. The van der Waals surface area contributed by atoms with Crippen LogP contribution in [0.5, 0.6) is 5.75 Å². The molecule has 0 aromatic heterocycles. The average molecular weight is 393 g/mol. The highest BCUT2D eigenvalue weighted by atomic mass is 32.2. The molecule has 0 heterocycles. The molecule has 146 valence electrons. The van der Waals surface area contributed by atoms with E-state index in [1.54, 1.807) is 41.3 Å². The predicted molar refractivity (Wildman–Crippen MR) is 102 cm³/mol. The lowest BCUT2D eigenvalue weighted by Crippen LogP contribution is -2.38. The van der Waals surface area contributed by atoms with Gasteiger partial charge in [0, 0.05) is 12.6 Å². The van der Waals surface area contributed by atoms with Gasteiger partial charge in [0.1, 0.15) is 11.6 Å². The number of amides is 1. The molecule has 1 atom stereocenters. The first-order valence-electron chi connectivity index (χ1n) is 8.70. The molecule has 0 aliphatic carbocycles. The Morgan fingerprint density at radius 3 is 2.15 bits per heavy atom. The molecule has 1 amide bonds. The maximum absolute atomic E-state index is 13.0. The SMILES string of the molecule is CC[C@H](C)N(Cc1ccc(OS(C)(=O)=O)cc1)C(=O)Cc1ccc(F)cc1. The lowest BCUT2D eigenvalue weighted by molar-refractivity contribution is -0.133. The minimum absolute atomic E-state index is 0.0323. The van der Waals surface area contributed by atoms with Gasteiger partial charge in [-0.05, 0) is 48.7 Å². The third kappa shape index (κ3) is 6.67. The Morgan fingerprint density at radius 2 is 1.63 bits per heavy atom. The molecule has 0 aliphatic rings. The topological polar surface area (TPSA) is 63.7 Å². The van der Waals surface area contributed by atoms with Crippen molar-refractivity contribution in [2.24, 2.45) is 0 Å². The lowest BCUT2D eigenvalue weighted by Gasteiger charge is -2.29. The van der Waals surface area contributed by atoms with Crippen LogP contribution in [0.25, 0.3) is 0 Å². The van der Waals surface area contributed by atoms with Gasteiger partial charge >= 0.3 is 10.1 Å². The summed E-state index contributed by atoms with van der Waals surface area (Å²) in [5, 5.41) is 0. The number of carbonyl (C=O) groups is 1. The number of rotatable bonds is 8. The maximum Gasteiger partial charge on any atom is 0.306 e. The van der Waals surface area contributed by atoms with Gasteiger partial charge < -0.3 is 9.08 Å². The third-order valence-electron chi connectivity index (χ3n) is 4.24. The highest BCUT2D eigenvalue weighted by Gasteiger charge is 2.19. The van der Waals surface area contributed by atoms with E-state index in [-0.39, 0.29) is 29.9 Å². The first kappa shape index (κ1) is 20.9. The Morgan fingerprint density at radius 1 is 1.07 bits per heavy atom. The fourth-order valence-corrected chi connectivity index (χ4v) is 3.07. The Hall–Kier alpha value is -2.41. The van der Waals surface area contributed by atoms with E-state index in [1.165, 1.54) is 12.1 Å². The average Bonchev–Trinajstić information content (AvgIpc) is 2.61. The van der Waals surface area contributed by atoms with Crippen molar-refractivity contribution in [2.45, 2.75) is 39.3 Å². The third-order valence-corrected chi connectivity index (χ3v) is 4.73. The van der Waals surface area contributed by atoms with E-state index in [1.807, 2.05) is 13.8 Å². The highest BCUT2D eigenvalue weighted by Crippen LogP contribution is 2.18. The largest absolute Gasteiger partial charge is 0.383 e. The summed E-state index contributed by atoms with van der Waals surface area (Å²) >= 11 is 0. The van der Waals surface area contributed by atoms with Crippen LogP contribution in [0, 0.1) is 5.82 Å². The summed E-state index contributed by atoms with van der Waals surface area (Å²) in [6.45, 7) is 4.38. The van der Waals surface area contributed by atoms with Crippen molar-refractivity contribution in [3.63, 3.8) is 0 Å². The second-order valence-electron chi connectivity index (χ2n) is 6.51. The molecule has 0 fully saturated rings. The van der Waals surface area contributed by atoms with Crippen molar-refractivity contribution in [2.75, 3.05) is 6.26 Å². The fourth-order valence-electron chi connectivity index (χ4n) is 2.61. The molecule has 2 aromatic carbocycles. The normalized spacial score (nSPS) is 12.4. The molecule has 0 unspecified atom stereocenters. The van der Waals surface area contributed by atoms with Gasteiger partial charge in [-0.25, -0.2) is 4.39 Å². The molecule has 7 heteroatoms. The van der Waals surface area contributed by atoms with Crippen molar-refractivity contribution in [3.05, 3.63) is 65.5 Å². The molecule has 0 N–H and O–H groups in total. The molecule has 5 nitrogen and oxygen atoms in total. The molecule has 0 radical (unpaired) electrons. The second-order valence-corrected chi connectivity index (χ2v) is 8.09. The van der Waals surface area contributed by atoms with Crippen molar-refractivity contribution < 1.29 is 21.8 Å². The van der Waals surface area contributed by atoms with Crippen molar-refractivity contribution in [1.82, 2.24) is 4.90 Å². The van der Waals surface area contributed by atoms with Crippen LogP contribution in [0.15, 0.2) is 48.5 Å². The number of benzene rings is 2. The summed E-state index contributed by atoms with van der Waals surface area (Å²) in [4.78, 5) is 14.6. The summed E-state index contributed by atoms with van der Waals surface area (Å²) in [5.41, 5.74) is 1.62. The van der Waals surface area contributed by atoms with E-state index in [2.05, 4.69) is 0 Å². The molecular formula is C20H24FNO4S. The van der Waals surface area contributed by atoms with Gasteiger partial charge in [-0.15, -0.1) is 0 Å². The van der Waals surface area contributed by atoms with Gasteiger partial charge in [0.25, 0.3) is 0 Å². The van der Waals surface area contributed by atoms with E-state index < -0.39 is 10.1 Å². The van der Waals surface area contributed by atoms with Gasteiger partial charge in [0.2, 0.25) is 5.91 Å². The van der Waals surface area contributed by atoms with Crippen LogP contribution in [0.2, 0.25) is 0 Å². The van der Waals surface area contributed by atoms with Gasteiger partial charge in [-0.2, -0.15) is 8.42 Å². The van der Waals surface area contributed by atoms with Crippen LogP contribution in [-0.4, -0.2) is 31.5 Å². The summed E-state index contributed by atoms with van der Waals surface area (Å²) in [7, 11) is -3.57. The zero-order chi connectivity index (χ0) is 20.0. The van der Waals surface area contributed by atoms with E-state index in [9.17, 15) is 17.6 Å². The Bertz CT molecular complexity index is 864. The number of nitrogens with zero attached hydrogens (tertiary/aromatic N) is 1. The molecule has 2 rings (SSSR count). The zero-order valence-corrected chi connectivity index (χ0v) is 16.5. The van der Waals surface area contributed by atoms with Crippen molar-refractivity contribution >= 4 is 16.0 Å². The minimum Gasteiger partial charge on any atom is -0.383 e. The predicted octanol–water partition coefficient (Wildman–Crippen LogP) is 3.53.